The van der Waals surface area contributed by atoms with Gasteiger partial charge in [-0.3, -0.25) is 0 Å². The third-order valence-electron chi connectivity index (χ3n) is 3.60. The number of aromatic nitrogens is 2. The Morgan fingerprint density at radius 1 is 1.04 bits per heavy atom. The third-order valence-corrected chi connectivity index (χ3v) is 5.28. The molecule has 0 saturated heterocycles. The summed E-state index contributed by atoms with van der Waals surface area (Å²) in [4.78, 5) is 4.45. The van der Waals surface area contributed by atoms with Gasteiger partial charge in [0.2, 0.25) is 0 Å². The zero-order chi connectivity index (χ0) is 17.9. The van der Waals surface area contributed by atoms with Crippen LogP contribution in [0.3, 0.4) is 0 Å². The van der Waals surface area contributed by atoms with Gasteiger partial charge in [-0.1, -0.05) is 32.0 Å². The highest BCUT2D eigenvalue weighted by Gasteiger charge is 2.20. The summed E-state index contributed by atoms with van der Waals surface area (Å²) < 4.78 is 32.5. The zero-order valence-electron chi connectivity index (χ0n) is 14.2. The average Bonchev–Trinajstić information content (AvgIpc) is 3.12. The van der Waals surface area contributed by atoms with Crippen LogP contribution in [-0.4, -0.2) is 24.0 Å². The lowest BCUT2D eigenvalue weighted by molar-refractivity contribution is 0.271. The Labute approximate surface area is 148 Å². The first-order valence-electron chi connectivity index (χ1n) is 8.05. The molecule has 0 aliphatic carbocycles. The second kappa shape index (κ2) is 7.11. The van der Waals surface area contributed by atoms with Crippen molar-refractivity contribution in [2.45, 2.75) is 18.7 Å². The van der Waals surface area contributed by atoms with Gasteiger partial charge in [-0.25, -0.2) is 17.4 Å². The van der Waals surface area contributed by atoms with Crippen molar-refractivity contribution >= 4 is 10.0 Å². The first kappa shape index (κ1) is 17.2. The van der Waals surface area contributed by atoms with Gasteiger partial charge in [0.05, 0.1) is 11.5 Å². The molecule has 2 aromatic carbocycles. The van der Waals surface area contributed by atoms with Crippen LogP contribution in [0.25, 0.3) is 11.4 Å². The molecule has 5 nitrogen and oxygen atoms in total. The van der Waals surface area contributed by atoms with E-state index in [4.69, 9.17) is 4.74 Å². The molecular formula is C19H20N2O3S. The van der Waals surface area contributed by atoms with E-state index < -0.39 is 10.0 Å². The molecule has 0 aliphatic rings. The fraction of sp³-hybridized carbons (Fsp3) is 0.211. The van der Waals surface area contributed by atoms with E-state index in [0.29, 0.717) is 23.9 Å². The van der Waals surface area contributed by atoms with Gasteiger partial charge in [-0.2, -0.15) is 0 Å². The van der Waals surface area contributed by atoms with Crippen molar-refractivity contribution in [3.05, 3.63) is 67.0 Å². The van der Waals surface area contributed by atoms with E-state index in [9.17, 15) is 8.42 Å². The molecule has 1 heterocycles. The SMILES string of the molecule is CC(C)COc1ccc(-c2nccn2S(=O)(=O)c2ccccc2)cc1. The summed E-state index contributed by atoms with van der Waals surface area (Å²) in [6.45, 7) is 4.80. The van der Waals surface area contributed by atoms with Gasteiger partial charge in [0.25, 0.3) is 10.0 Å². The lowest BCUT2D eigenvalue weighted by Gasteiger charge is -2.11. The molecule has 0 spiro atoms. The van der Waals surface area contributed by atoms with Gasteiger partial charge >= 0.3 is 0 Å². The molecule has 0 radical (unpaired) electrons. The molecule has 3 rings (SSSR count). The maximum Gasteiger partial charge on any atom is 0.269 e. The molecule has 0 unspecified atom stereocenters. The van der Waals surface area contributed by atoms with Crippen LogP contribution in [0.2, 0.25) is 0 Å². The standard InChI is InChI=1S/C19H20N2O3S/c1-15(2)14-24-17-10-8-16(9-11-17)19-20-12-13-21(19)25(22,23)18-6-4-3-5-7-18/h3-13,15H,14H2,1-2H3. The van der Waals surface area contributed by atoms with Gasteiger partial charge in [0.1, 0.15) is 5.75 Å². The molecule has 0 bridgehead atoms. The van der Waals surface area contributed by atoms with Crippen LogP contribution >= 0.6 is 0 Å². The number of ether oxygens (including phenoxy) is 1. The number of nitrogens with zero attached hydrogens (tertiary/aromatic N) is 2. The highest BCUT2D eigenvalue weighted by Crippen LogP contribution is 2.25. The Bertz CT molecular complexity index is 930. The van der Waals surface area contributed by atoms with Gasteiger partial charge in [-0.15, -0.1) is 0 Å². The van der Waals surface area contributed by atoms with Crippen LogP contribution in [0, 0.1) is 5.92 Å². The molecule has 3 aromatic rings. The molecule has 0 atom stereocenters. The number of benzene rings is 2. The molecular weight excluding hydrogens is 336 g/mol. The van der Waals surface area contributed by atoms with Crippen molar-refractivity contribution in [1.82, 2.24) is 8.96 Å². The van der Waals surface area contributed by atoms with Crippen LogP contribution in [-0.2, 0) is 10.0 Å². The van der Waals surface area contributed by atoms with E-state index in [1.807, 2.05) is 24.3 Å². The quantitative estimate of drug-likeness (QED) is 0.673. The van der Waals surface area contributed by atoms with E-state index in [0.717, 1.165) is 5.75 Å². The molecule has 0 N–H and O–H groups in total. The first-order chi connectivity index (χ1) is 12.0. The average molecular weight is 356 g/mol. The maximum atomic E-state index is 12.8. The largest absolute Gasteiger partial charge is 0.493 e. The highest BCUT2D eigenvalue weighted by molar-refractivity contribution is 7.90. The van der Waals surface area contributed by atoms with Gasteiger partial charge in [-0.05, 0) is 42.3 Å². The number of rotatable bonds is 6. The topological polar surface area (TPSA) is 61.2 Å². The molecule has 1 aromatic heterocycles. The first-order valence-corrected chi connectivity index (χ1v) is 9.49. The summed E-state index contributed by atoms with van der Waals surface area (Å²) in [5, 5.41) is 0. The summed E-state index contributed by atoms with van der Waals surface area (Å²) in [7, 11) is -3.68. The highest BCUT2D eigenvalue weighted by atomic mass is 32.2. The predicted octanol–water partition coefficient (Wildman–Crippen LogP) is 3.82. The fourth-order valence-electron chi connectivity index (χ4n) is 2.36. The summed E-state index contributed by atoms with van der Waals surface area (Å²) in [5.41, 5.74) is 0.710. The second-order valence-electron chi connectivity index (χ2n) is 6.09. The summed E-state index contributed by atoms with van der Waals surface area (Å²) in [6.07, 6.45) is 2.94. The Balaban J connectivity index is 1.92. The smallest absolute Gasteiger partial charge is 0.269 e. The summed E-state index contributed by atoms with van der Waals surface area (Å²) in [5.74, 6) is 1.57. The van der Waals surface area contributed by atoms with Crippen LogP contribution in [0.1, 0.15) is 13.8 Å². The monoisotopic (exact) mass is 356 g/mol. The van der Waals surface area contributed by atoms with Crippen molar-refractivity contribution in [2.75, 3.05) is 6.61 Å². The molecule has 25 heavy (non-hydrogen) atoms. The van der Waals surface area contributed by atoms with E-state index in [-0.39, 0.29) is 4.90 Å². The molecule has 130 valence electrons. The van der Waals surface area contributed by atoms with Crippen LogP contribution in [0.5, 0.6) is 5.75 Å². The van der Waals surface area contributed by atoms with E-state index in [1.54, 1.807) is 30.3 Å². The second-order valence-corrected chi connectivity index (χ2v) is 7.91. The normalized spacial score (nSPS) is 11.6. The van der Waals surface area contributed by atoms with Crippen molar-refractivity contribution in [3.63, 3.8) is 0 Å². The minimum absolute atomic E-state index is 0.228. The predicted molar refractivity (Wildman–Crippen MR) is 97.0 cm³/mol. The Hall–Kier alpha value is -2.60. The van der Waals surface area contributed by atoms with Gasteiger partial charge in [0, 0.05) is 18.0 Å². The number of hydrogen-bond acceptors (Lipinski definition) is 4. The molecule has 0 saturated carbocycles. The van der Waals surface area contributed by atoms with Crippen LogP contribution in [0.15, 0.2) is 71.9 Å². The zero-order valence-corrected chi connectivity index (χ0v) is 15.0. The van der Waals surface area contributed by atoms with E-state index in [1.165, 1.54) is 16.4 Å². The lowest BCUT2D eigenvalue weighted by Crippen LogP contribution is -2.13. The molecule has 0 fully saturated rings. The Kier molecular flexibility index (Phi) is 4.90. The lowest BCUT2D eigenvalue weighted by atomic mass is 10.2. The number of hydrogen-bond donors (Lipinski definition) is 0. The van der Waals surface area contributed by atoms with E-state index >= 15 is 0 Å². The molecule has 6 heteroatoms. The Morgan fingerprint density at radius 2 is 1.72 bits per heavy atom. The van der Waals surface area contributed by atoms with Crippen molar-refractivity contribution in [3.8, 4) is 17.1 Å². The van der Waals surface area contributed by atoms with Crippen LogP contribution < -0.4 is 4.74 Å². The Morgan fingerprint density at radius 3 is 2.36 bits per heavy atom. The van der Waals surface area contributed by atoms with Gasteiger partial charge in [0.15, 0.2) is 5.82 Å². The fourth-order valence-corrected chi connectivity index (χ4v) is 3.68. The summed E-state index contributed by atoms with van der Waals surface area (Å²) >= 11 is 0. The minimum Gasteiger partial charge on any atom is -0.493 e. The molecule has 0 aliphatic heterocycles. The molecule has 0 amide bonds. The van der Waals surface area contributed by atoms with Crippen LogP contribution in [0.4, 0.5) is 0 Å². The minimum atomic E-state index is -3.68. The third kappa shape index (κ3) is 3.74. The summed E-state index contributed by atoms with van der Waals surface area (Å²) in [6, 6.07) is 15.6. The number of imidazole rings is 1. The van der Waals surface area contributed by atoms with Gasteiger partial charge < -0.3 is 4.74 Å². The van der Waals surface area contributed by atoms with Crippen molar-refractivity contribution in [1.29, 1.82) is 0 Å². The van der Waals surface area contributed by atoms with Crippen molar-refractivity contribution < 1.29 is 13.2 Å². The maximum absolute atomic E-state index is 12.8. The van der Waals surface area contributed by atoms with E-state index in [2.05, 4.69) is 18.8 Å². The van der Waals surface area contributed by atoms with Crippen molar-refractivity contribution in [2.24, 2.45) is 5.92 Å².